The van der Waals surface area contributed by atoms with Crippen molar-refractivity contribution in [3.05, 3.63) is 92.7 Å². The zero-order valence-corrected chi connectivity index (χ0v) is 19.5. The lowest BCUT2D eigenvalue weighted by molar-refractivity contribution is 0.0949. The van der Waals surface area contributed by atoms with Crippen LogP contribution in [0.15, 0.2) is 58.4 Å². The fourth-order valence-electron chi connectivity index (χ4n) is 4.01. The van der Waals surface area contributed by atoms with Gasteiger partial charge in [-0.25, -0.2) is 10.1 Å². The molecule has 7 heteroatoms. The molecule has 1 amide bonds. The number of nitrogens with one attached hydrogen (secondary N) is 1. The topological polar surface area (TPSA) is 81.3 Å². The highest BCUT2D eigenvalue weighted by molar-refractivity contribution is 6.05. The van der Waals surface area contributed by atoms with Gasteiger partial charge >= 0.3 is 0 Å². The fourth-order valence-corrected chi connectivity index (χ4v) is 4.01. The molecule has 0 fully saturated rings. The minimum absolute atomic E-state index is 0.171. The van der Waals surface area contributed by atoms with Crippen LogP contribution >= 0.6 is 0 Å². The van der Waals surface area contributed by atoms with Crippen molar-refractivity contribution in [3.63, 3.8) is 0 Å². The molecule has 0 aliphatic rings. The largest absolute Gasteiger partial charge is 0.318 e. The van der Waals surface area contributed by atoms with Gasteiger partial charge in [-0.3, -0.25) is 9.59 Å². The van der Waals surface area contributed by atoms with Crippen LogP contribution in [-0.2, 0) is 6.54 Å². The third-order valence-corrected chi connectivity index (χ3v) is 5.97. The number of hydrazone groups is 1. The first kappa shape index (κ1) is 22.2. The average Bonchev–Trinajstić information content (AvgIpc) is 3.09. The molecule has 0 bridgehead atoms. The molecule has 0 aliphatic heterocycles. The molecule has 2 heterocycles. The molecule has 4 aromatic rings. The quantitative estimate of drug-likeness (QED) is 0.372. The first-order valence-corrected chi connectivity index (χ1v) is 10.9. The number of fused-ring (bicyclic) bond motifs is 1. The first-order chi connectivity index (χ1) is 15.8. The number of nitrogens with zero attached hydrogens (tertiary/aromatic N) is 4. The number of carbonyl (C=O) groups is 1. The molecule has 0 radical (unpaired) electrons. The van der Waals surface area contributed by atoms with Crippen LogP contribution in [0.25, 0.3) is 16.5 Å². The smallest absolute Gasteiger partial charge is 0.292 e. The van der Waals surface area contributed by atoms with E-state index in [0.29, 0.717) is 17.3 Å². The maximum atomic E-state index is 12.9. The van der Waals surface area contributed by atoms with E-state index in [1.54, 1.807) is 30.5 Å². The summed E-state index contributed by atoms with van der Waals surface area (Å²) < 4.78 is 3.46. The zero-order chi connectivity index (χ0) is 23.7. The summed E-state index contributed by atoms with van der Waals surface area (Å²) in [5.74, 6) is -0.465. The van der Waals surface area contributed by atoms with E-state index in [1.165, 1.54) is 15.8 Å². The summed E-state index contributed by atoms with van der Waals surface area (Å²) in [5.41, 5.74) is 9.10. The van der Waals surface area contributed by atoms with Crippen molar-refractivity contribution in [2.75, 3.05) is 0 Å². The summed E-state index contributed by atoms with van der Waals surface area (Å²) in [4.78, 5) is 25.4. The predicted octanol–water partition coefficient (Wildman–Crippen LogP) is 4.20. The van der Waals surface area contributed by atoms with E-state index in [2.05, 4.69) is 52.2 Å². The van der Waals surface area contributed by atoms with Crippen molar-refractivity contribution >= 4 is 22.9 Å². The van der Waals surface area contributed by atoms with Gasteiger partial charge in [-0.2, -0.15) is 10.2 Å². The normalized spacial score (nSPS) is 11.4. The zero-order valence-electron chi connectivity index (χ0n) is 19.5. The van der Waals surface area contributed by atoms with E-state index in [0.717, 1.165) is 22.6 Å². The fraction of sp³-hybridized carbons (Fsp3) is 0.231. The van der Waals surface area contributed by atoms with Gasteiger partial charge in [0.2, 0.25) is 0 Å². The Morgan fingerprint density at radius 3 is 2.45 bits per heavy atom. The standard InChI is InChI=1S/C26H27N5O2/c1-6-30-26(33)23-10-8-7-9-22(23)24(29-30)25(32)28-27-15-20-14-18(4)31(19(20)5)21-12-11-16(2)17(3)13-21/h7-15H,6H2,1-5H3,(H,28,32). The van der Waals surface area contributed by atoms with Crippen LogP contribution in [0.3, 0.4) is 0 Å². The van der Waals surface area contributed by atoms with E-state index in [4.69, 9.17) is 0 Å². The Morgan fingerprint density at radius 2 is 1.76 bits per heavy atom. The SMILES string of the molecule is CCn1nc(C(=O)NN=Cc2cc(C)n(-c3ccc(C)c(C)c3)c2C)c2ccccc2c1=O. The number of hydrogen-bond acceptors (Lipinski definition) is 4. The molecule has 0 unspecified atom stereocenters. The van der Waals surface area contributed by atoms with Gasteiger partial charge in [0.05, 0.1) is 11.6 Å². The lowest BCUT2D eigenvalue weighted by Gasteiger charge is -2.11. The summed E-state index contributed by atoms with van der Waals surface area (Å²) >= 11 is 0. The molecule has 1 N–H and O–H groups in total. The summed E-state index contributed by atoms with van der Waals surface area (Å²) in [5, 5.41) is 9.39. The molecule has 2 aromatic heterocycles. The Hall–Kier alpha value is -4.00. The minimum Gasteiger partial charge on any atom is -0.318 e. The van der Waals surface area contributed by atoms with Crippen molar-refractivity contribution in [2.24, 2.45) is 5.10 Å². The summed E-state index contributed by atoms with van der Waals surface area (Å²) in [6.45, 7) is 10.5. The maximum absolute atomic E-state index is 12.9. The predicted molar refractivity (Wildman–Crippen MR) is 131 cm³/mol. The third kappa shape index (κ3) is 4.09. The average molecular weight is 442 g/mol. The summed E-state index contributed by atoms with van der Waals surface area (Å²) in [7, 11) is 0. The van der Waals surface area contributed by atoms with Crippen molar-refractivity contribution in [1.82, 2.24) is 19.8 Å². The molecular weight excluding hydrogens is 414 g/mol. The molecular formula is C26H27N5O2. The molecule has 33 heavy (non-hydrogen) atoms. The lowest BCUT2D eigenvalue weighted by atomic mass is 10.1. The molecule has 168 valence electrons. The van der Waals surface area contributed by atoms with Crippen molar-refractivity contribution < 1.29 is 4.79 Å². The molecule has 2 aromatic carbocycles. The molecule has 7 nitrogen and oxygen atoms in total. The van der Waals surface area contributed by atoms with Crippen molar-refractivity contribution in [3.8, 4) is 5.69 Å². The second-order valence-electron chi connectivity index (χ2n) is 8.14. The van der Waals surface area contributed by atoms with E-state index in [-0.39, 0.29) is 11.3 Å². The number of carbonyl (C=O) groups excluding carboxylic acids is 1. The molecule has 0 spiro atoms. The van der Waals surface area contributed by atoms with Crippen molar-refractivity contribution in [1.29, 1.82) is 0 Å². The number of amides is 1. The van der Waals surface area contributed by atoms with Crippen LogP contribution in [0, 0.1) is 27.7 Å². The van der Waals surface area contributed by atoms with E-state index in [9.17, 15) is 9.59 Å². The van der Waals surface area contributed by atoms with Gasteiger partial charge in [0, 0.05) is 34.6 Å². The van der Waals surface area contributed by atoms with E-state index < -0.39 is 5.91 Å². The Bertz CT molecular complexity index is 1460. The van der Waals surface area contributed by atoms with Gasteiger partial charge in [0.15, 0.2) is 5.69 Å². The maximum Gasteiger partial charge on any atom is 0.292 e. The highest BCUT2D eigenvalue weighted by Gasteiger charge is 2.16. The van der Waals surface area contributed by atoms with Gasteiger partial charge in [-0.15, -0.1) is 0 Å². The van der Waals surface area contributed by atoms with E-state index in [1.807, 2.05) is 26.8 Å². The van der Waals surface area contributed by atoms with Gasteiger partial charge in [0.1, 0.15) is 0 Å². The number of aryl methyl sites for hydroxylation is 4. The Kier molecular flexibility index (Phi) is 5.96. The highest BCUT2D eigenvalue weighted by atomic mass is 16.2. The van der Waals surface area contributed by atoms with Crippen LogP contribution < -0.4 is 11.0 Å². The highest BCUT2D eigenvalue weighted by Crippen LogP contribution is 2.22. The second kappa shape index (κ2) is 8.86. The van der Waals surface area contributed by atoms with E-state index >= 15 is 0 Å². The molecule has 4 rings (SSSR count). The van der Waals surface area contributed by atoms with Gasteiger partial charge in [0.25, 0.3) is 11.5 Å². The Balaban J connectivity index is 1.62. The number of hydrogen-bond donors (Lipinski definition) is 1. The minimum atomic E-state index is -0.465. The van der Waals surface area contributed by atoms with Crippen LogP contribution in [0.5, 0.6) is 0 Å². The van der Waals surface area contributed by atoms with Gasteiger partial charge < -0.3 is 4.57 Å². The number of aromatic nitrogens is 3. The van der Waals surface area contributed by atoms with Crippen LogP contribution in [0.4, 0.5) is 0 Å². The first-order valence-electron chi connectivity index (χ1n) is 10.9. The van der Waals surface area contributed by atoms with Crippen molar-refractivity contribution in [2.45, 2.75) is 41.2 Å². The van der Waals surface area contributed by atoms with Crippen LogP contribution in [0.1, 0.15) is 45.5 Å². The summed E-state index contributed by atoms with van der Waals surface area (Å²) in [6, 6.07) is 15.4. The number of benzene rings is 2. The second-order valence-corrected chi connectivity index (χ2v) is 8.14. The molecule has 0 saturated heterocycles. The monoisotopic (exact) mass is 441 g/mol. The number of rotatable bonds is 5. The Morgan fingerprint density at radius 1 is 1.03 bits per heavy atom. The summed E-state index contributed by atoms with van der Waals surface area (Å²) in [6.07, 6.45) is 1.63. The lowest BCUT2D eigenvalue weighted by Crippen LogP contribution is -2.28. The van der Waals surface area contributed by atoms with Gasteiger partial charge in [-0.1, -0.05) is 24.3 Å². The molecule has 0 saturated carbocycles. The van der Waals surface area contributed by atoms with Crippen LogP contribution in [-0.4, -0.2) is 26.5 Å². The van der Waals surface area contributed by atoms with Gasteiger partial charge in [-0.05, 0) is 70.0 Å². The molecule has 0 aliphatic carbocycles. The molecule has 0 atom stereocenters. The third-order valence-electron chi connectivity index (χ3n) is 5.97. The van der Waals surface area contributed by atoms with Crippen LogP contribution in [0.2, 0.25) is 0 Å². The Labute approximate surface area is 192 Å².